The van der Waals surface area contributed by atoms with Gasteiger partial charge in [-0.1, -0.05) is 82.6 Å². The van der Waals surface area contributed by atoms with E-state index in [9.17, 15) is 16.8 Å². The molecule has 0 amide bonds. The quantitative estimate of drug-likeness (QED) is 0.255. The van der Waals surface area contributed by atoms with E-state index in [-0.39, 0.29) is 13.1 Å². The van der Waals surface area contributed by atoms with Crippen LogP contribution in [0.5, 0.6) is 0 Å². The Hall–Kier alpha value is -4.60. The number of rotatable bonds is 8. The molecule has 12 nitrogen and oxygen atoms in total. The minimum atomic E-state index is -3.60. The fourth-order valence-corrected chi connectivity index (χ4v) is 5.43. The first-order valence-corrected chi connectivity index (χ1v) is 16.4. The maximum atomic E-state index is 12.1. The Morgan fingerprint density at radius 1 is 0.643 bits per heavy atom. The molecule has 2 unspecified atom stereocenters. The molecular formula is C28H26N8O4S2. The first kappa shape index (κ1) is 28.9. The largest absolute Gasteiger partial charge is 0.233 e. The van der Waals surface area contributed by atoms with Gasteiger partial charge >= 0.3 is 0 Å². The lowest BCUT2D eigenvalue weighted by Crippen LogP contribution is -2.27. The lowest BCUT2D eigenvalue weighted by Gasteiger charge is -2.15. The maximum Gasteiger partial charge on any atom is 0.210 e. The predicted octanol–water partition coefficient (Wildman–Crippen LogP) is 1.76. The first-order chi connectivity index (χ1) is 20.1. The summed E-state index contributed by atoms with van der Waals surface area (Å²) in [6.07, 6.45) is 2.11. The van der Waals surface area contributed by atoms with Crippen LogP contribution in [-0.2, 0) is 33.1 Å². The Morgan fingerprint density at radius 3 is 1.40 bits per heavy atom. The molecule has 2 N–H and O–H groups in total. The number of nitrogens with one attached hydrogen (secondary N) is 2. The van der Waals surface area contributed by atoms with E-state index in [1.54, 1.807) is 33.6 Å². The van der Waals surface area contributed by atoms with Gasteiger partial charge in [0.1, 0.15) is 36.2 Å². The van der Waals surface area contributed by atoms with Crippen LogP contribution in [0.2, 0.25) is 0 Å². The van der Waals surface area contributed by atoms with Crippen LogP contribution in [-0.4, -0.2) is 59.3 Å². The summed E-state index contributed by atoms with van der Waals surface area (Å²) in [5.74, 6) is 11.9. The Morgan fingerprint density at radius 2 is 1.02 bits per heavy atom. The molecule has 0 saturated carbocycles. The van der Waals surface area contributed by atoms with Crippen molar-refractivity contribution >= 4 is 42.1 Å². The van der Waals surface area contributed by atoms with Crippen LogP contribution >= 0.6 is 0 Å². The molecule has 0 fully saturated rings. The molecule has 14 heteroatoms. The Labute approximate surface area is 243 Å². The molecule has 2 heterocycles. The van der Waals surface area contributed by atoms with Crippen LogP contribution in [0.1, 0.15) is 23.2 Å². The summed E-state index contributed by atoms with van der Waals surface area (Å²) in [5.41, 5.74) is 4.23. The highest BCUT2D eigenvalue weighted by Gasteiger charge is 2.17. The normalized spacial score (nSPS) is 13.2. The van der Waals surface area contributed by atoms with Crippen molar-refractivity contribution in [3.8, 4) is 23.7 Å². The third-order valence-electron chi connectivity index (χ3n) is 6.06. The minimum Gasteiger partial charge on any atom is -0.233 e. The van der Waals surface area contributed by atoms with Crippen LogP contribution in [0.3, 0.4) is 0 Å². The average Bonchev–Trinajstić information content (AvgIpc) is 3.55. The van der Waals surface area contributed by atoms with Gasteiger partial charge in [0.15, 0.2) is 0 Å². The maximum absolute atomic E-state index is 12.1. The van der Waals surface area contributed by atoms with Gasteiger partial charge in [-0.25, -0.2) is 26.2 Å². The smallest absolute Gasteiger partial charge is 0.210 e. The predicted molar refractivity (Wildman–Crippen MR) is 158 cm³/mol. The van der Waals surface area contributed by atoms with Crippen molar-refractivity contribution in [1.29, 1.82) is 0 Å². The number of hydrogen-bond acceptors (Lipinski definition) is 8. The van der Waals surface area contributed by atoms with Gasteiger partial charge in [0.25, 0.3) is 0 Å². The summed E-state index contributed by atoms with van der Waals surface area (Å²) >= 11 is 0. The van der Waals surface area contributed by atoms with Crippen LogP contribution in [0.25, 0.3) is 22.1 Å². The second-order valence-electron chi connectivity index (χ2n) is 9.43. The third kappa shape index (κ3) is 7.37. The molecule has 0 bridgehead atoms. The number of para-hydroxylation sites is 2. The van der Waals surface area contributed by atoms with E-state index in [1.807, 2.05) is 48.5 Å². The van der Waals surface area contributed by atoms with Crippen molar-refractivity contribution in [2.24, 2.45) is 0 Å². The molecule has 0 aliphatic carbocycles. The molecular weight excluding hydrogens is 576 g/mol. The highest BCUT2D eigenvalue weighted by molar-refractivity contribution is 7.89. The standard InChI is InChI=1S/C28H26N8O4S2/c1-41(37,38)31-23(11-7-19-35-27-13-5-3-9-25(27)29-33-35)21-15-17-22(18-16-21)24(32-42(2,39)40)12-8-20-36-28-14-6-4-10-26(28)30-34-36/h3-6,9-10,13-18,23-24,31-32H,19-20H2,1-2H3. The van der Waals surface area contributed by atoms with Crippen molar-refractivity contribution in [3.63, 3.8) is 0 Å². The van der Waals surface area contributed by atoms with Crippen LogP contribution in [0.15, 0.2) is 72.8 Å². The van der Waals surface area contributed by atoms with Gasteiger partial charge in [-0.3, -0.25) is 0 Å². The molecule has 0 saturated heterocycles. The Balaban J connectivity index is 1.38. The Bertz CT molecular complexity index is 1930. The van der Waals surface area contributed by atoms with Gasteiger partial charge in [-0.15, -0.1) is 10.2 Å². The molecule has 0 aliphatic rings. The fourth-order valence-electron chi connectivity index (χ4n) is 4.18. The molecule has 2 atom stereocenters. The van der Waals surface area contributed by atoms with Crippen LogP contribution in [0, 0.1) is 23.7 Å². The summed E-state index contributed by atoms with van der Waals surface area (Å²) in [7, 11) is -7.21. The highest BCUT2D eigenvalue weighted by Crippen LogP contribution is 2.19. The Kier molecular flexibility index (Phi) is 8.33. The highest BCUT2D eigenvalue weighted by atomic mass is 32.2. The molecule has 3 aromatic carbocycles. The second kappa shape index (κ2) is 12.1. The van der Waals surface area contributed by atoms with Crippen molar-refractivity contribution in [1.82, 2.24) is 39.4 Å². The zero-order chi connectivity index (χ0) is 29.7. The molecule has 5 rings (SSSR count). The minimum absolute atomic E-state index is 0.206. The van der Waals surface area contributed by atoms with Gasteiger partial charge in [0.2, 0.25) is 20.0 Å². The van der Waals surface area contributed by atoms with Gasteiger partial charge in [-0.2, -0.15) is 9.44 Å². The van der Waals surface area contributed by atoms with E-state index in [0.29, 0.717) is 11.1 Å². The van der Waals surface area contributed by atoms with Crippen molar-refractivity contribution in [2.75, 3.05) is 12.5 Å². The van der Waals surface area contributed by atoms with Crippen LogP contribution in [0.4, 0.5) is 0 Å². The van der Waals surface area contributed by atoms with E-state index in [4.69, 9.17) is 0 Å². The fraction of sp³-hybridized carbons (Fsp3) is 0.214. The lowest BCUT2D eigenvalue weighted by atomic mass is 10.0. The van der Waals surface area contributed by atoms with E-state index in [2.05, 4.69) is 53.8 Å². The number of hydrogen-bond donors (Lipinski definition) is 2. The zero-order valence-electron chi connectivity index (χ0n) is 22.6. The number of aromatic nitrogens is 6. The average molecular weight is 603 g/mol. The SMILES string of the molecule is CS(=O)(=O)NC(C#CCn1nnc2ccccc21)c1ccc(C(C#CCn2nnc3ccccc32)NS(C)(=O)=O)cc1. The molecule has 0 spiro atoms. The number of fused-ring (bicyclic) bond motifs is 2. The zero-order valence-corrected chi connectivity index (χ0v) is 24.3. The lowest BCUT2D eigenvalue weighted by molar-refractivity contribution is 0.579. The van der Waals surface area contributed by atoms with Crippen molar-refractivity contribution in [3.05, 3.63) is 83.9 Å². The van der Waals surface area contributed by atoms with Gasteiger partial charge in [0.05, 0.1) is 23.5 Å². The van der Waals surface area contributed by atoms with Gasteiger partial charge in [-0.05, 0) is 35.4 Å². The second-order valence-corrected chi connectivity index (χ2v) is 13.0. The molecule has 42 heavy (non-hydrogen) atoms. The van der Waals surface area contributed by atoms with Crippen molar-refractivity contribution < 1.29 is 16.8 Å². The summed E-state index contributed by atoms with van der Waals surface area (Å²) < 4.78 is 56.7. The van der Waals surface area contributed by atoms with Gasteiger partial charge < -0.3 is 0 Å². The van der Waals surface area contributed by atoms with Crippen molar-refractivity contribution in [2.45, 2.75) is 25.2 Å². The molecule has 214 valence electrons. The van der Waals surface area contributed by atoms with E-state index in [1.165, 1.54) is 0 Å². The van der Waals surface area contributed by atoms with E-state index in [0.717, 1.165) is 34.6 Å². The summed E-state index contributed by atoms with van der Waals surface area (Å²) in [4.78, 5) is 0. The monoisotopic (exact) mass is 602 g/mol. The summed E-state index contributed by atoms with van der Waals surface area (Å²) in [5, 5.41) is 16.4. The molecule has 5 aromatic rings. The topological polar surface area (TPSA) is 154 Å². The molecule has 0 aliphatic heterocycles. The summed E-state index contributed by atoms with van der Waals surface area (Å²) in [6.45, 7) is 0.412. The third-order valence-corrected chi connectivity index (χ3v) is 7.39. The molecule has 2 aromatic heterocycles. The van der Waals surface area contributed by atoms with Crippen LogP contribution < -0.4 is 9.44 Å². The summed E-state index contributed by atoms with van der Waals surface area (Å²) in [6, 6.07) is 19.9. The number of nitrogens with zero attached hydrogens (tertiary/aromatic N) is 6. The van der Waals surface area contributed by atoms with E-state index < -0.39 is 32.1 Å². The first-order valence-electron chi connectivity index (χ1n) is 12.6. The molecule has 0 radical (unpaired) electrons. The van der Waals surface area contributed by atoms with Gasteiger partial charge in [0, 0.05) is 0 Å². The number of sulfonamides is 2. The number of benzene rings is 3. The van der Waals surface area contributed by atoms with E-state index >= 15 is 0 Å².